The zero-order valence-electron chi connectivity index (χ0n) is 19.5. The minimum Gasteiger partial charge on any atom is -0.493 e. The number of fused-ring (bicyclic) bond motifs is 1. The fraction of sp³-hybridized carbons (Fsp3) is 0.360. The summed E-state index contributed by atoms with van der Waals surface area (Å²) in [6.45, 7) is 5.03. The molecule has 2 aromatic heterocycles. The Hall–Kier alpha value is -3.72. The number of piperazine rings is 1. The van der Waals surface area contributed by atoms with Crippen molar-refractivity contribution in [2.24, 2.45) is 0 Å². The van der Waals surface area contributed by atoms with Crippen molar-refractivity contribution in [1.29, 1.82) is 0 Å². The van der Waals surface area contributed by atoms with Gasteiger partial charge in [0.25, 0.3) is 5.91 Å². The molecule has 5 rings (SSSR count). The number of nitrogens with zero attached hydrogens (tertiary/aromatic N) is 3. The lowest BCUT2D eigenvalue weighted by atomic mass is 9.99. The van der Waals surface area contributed by atoms with Crippen LogP contribution < -0.4 is 29.9 Å². The van der Waals surface area contributed by atoms with Crippen molar-refractivity contribution in [3.05, 3.63) is 59.6 Å². The van der Waals surface area contributed by atoms with Gasteiger partial charge in [0.15, 0.2) is 23.1 Å². The highest BCUT2D eigenvalue weighted by Gasteiger charge is 2.23. The van der Waals surface area contributed by atoms with E-state index in [2.05, 4.69) is 25.4 Å². The van der Waals surface area contributed by atoms with E-state index in [-0.39, 0.29) is 11.7 Å². The molecule has 1 aromatic carbocycles. The highest BCUT2D eigenvalue weighted by molar-refractivity contribution is 6.04. The Morgan fingerprint density at radius 2 is 1.79 bits per heavy atom. The van der Waals surface area contributed by atoms with Crippen molar-refractivity contribution in [1.82, 2.24) is 10.3 Å². The number of carbonyl (C=O) groups is 1. The number of aromatic nitrogens is 1. The molecule has 4 heterocycles. The molecule has 3 aromatic rings. The smallest absolute Gasteiger partial charge is 0.291 e. The number of benzene rings is 1. The number of hydrogen-bond donors (Lipinski definition) is 2. The highest BCUT2D eigenvalue weighted by Crippen LogP contribution is 2.35. The molecule has 0 atom stereocenters. The van der Waals surface area contributed by atoms with E-state index in [1.807, 2.05) is 24.3 Å². The molecular weight excluding hydrogens is 434 g/mol. The SMILES string of the molecule is COc1cc2c(cc1OC)CN(c1ccc(C(=O)Nc3cnccc3N3CCNCC3)o1)CC2. The standard InChI is InChI=1S/C25H29N5O4/c1-32-22-13-17-6-10-30(16-18(17)14-23(22)33-2)24-4-3-21(34-24)25(31)28-19-15-27-7-5-20(19)29-11-8-26-9-12-29/h3-5,7,13-15,26H,6,8-12,16H2,1-2H3,(H,28,31). The summed E-state index contributed by atoms with van der Waals surface area (Å²) >= 11 is 0. The Labute approximate surface area is 198 Å². The number of rotatable bonds is 6. The van der Waals surface area contributed by atoms with Gasteiger partial charge in [0.1, 0.15) is 0 Å². The van der Waals surface area contributed by atoms with E-state index in [1.54, 1.807) is 32.7 Å². The van der Waals surface area contributed by atoms with Crippen LogP contribution in [0.25, 0.3) is 0 Å². The third kappa shape index (κ3) is 4.38. The molecule has 9 nitrogen and oxygen atoms in total. The molecular formula is C25H29N5O4. The summed E-state index contributed by atoms with van der Waals surface area (Å²) < 4.78 is 16.9. The van der Waals surface area contributed by atoms with Gasteiger partial charge in [0, 0.05) is 51.5 Å². The largest absolute Gasteiger partial charge is 0.493 e. The zero-order valence-corrected chi connectivity index (χ0v) is 19.5. The second kappa shape index (κ2) is 9.64. The summed E-state index contributed by atoms with van der Waals surface area (Å²) in [4.78, 5) is 21.6. The van der Waals surface area contributed by atoms with Gasteiger partial charge in [-0.3, -0.25) is 9.78 Å². The number of furan rings is 1. The van der Waals surface area contributed by atoms with Crippen molar-refractivity contribution in [2.45, 2.75) is 13.0 Å². The summed E-state index contributed by atoms with van der Waals surface area (Å²) in [7, 11) is 3.28. The van der Waals surface area contributed by atoms with Crippen LogP contribution in [-0.4, -0.2) is 57.8 Å². The predicted octanol–water partition coefficient (Wildman–Crippen LogP) is 2.92. The van der Waals surface area contributed by atoms with Crippen LogP contribution in [0.2, 0.25) is 0 Å². The van der Waals surface area contributed by atoms with E-state index in [9.17, 15) is 4.79 Å². The molecule has 178 valence electrons. The number of amides is 1. The van der Waals surface area contributed by atoms with Crippen LogP contribution >= 0.6 is 0 Å². The quantitative estimate of drug-likeness (QED) is 0.577. The molecule has 0 spiro atoms. The van der Waals surface area contributed by atoms with Crippen LogP contribution in [0.4, 0.5) is 17.3 Å². The van der Waals surface area contributed by atoms with Gasteiger partial charge in [-0.25, -0.2) is 0 Å². The molecule has 0 unspecified atom stereocenters. The maximum absolute atomic E-state index is 13.0. The lowest BCUT2D eigenvalue weighted by Gasteiger charge is -2.30. The van der Waals surface area contributed by atoms with Gasteiger partial charge >= 0.3 is 0 Å². The van der Waals surface area contributed by atoms with Gasteiger partial charge in [-0.2, -0.15) is 0 Å². The summed E-state index contributed by atoms with van der Waals surface area (Å²) in [6, 6.07) is 9.55. The van der Waals surface area contributed by atoms with E-state index in [4.69, 9.17) is 13.9 Å². The fourth-order valence-electron chi connectivity index (χ4n) is 4.54. The summed E-state index contributed by atoms with van der Waals surface area (Å²) in [5.74, 6) is 2.09. The lowest BCUT2D eigenvalue weighted by molar-refractivity contribution is 0.0997. The second-order valence-electron chi connectivity index (χ2n) is 8.37. The number of pyridine rings is 1. The van der Waals surface area contributed by atoms with Crippen LogP contribution in [0.3, 0.4) is 0 Å². The zero-order chi connectivity index (χ0) is 23.5. The monoisotopic (exact) mass is 463 g/mol. The molecule has 34 heavy (non-hydrogen) atoms. The number of anilines is 3. The molecule has 1 amide bonds. The molecule has 2 N–H and O–H groups in total. The Balaban J connectivity index is 1.30. The average molecular weight is 464 g/mol. The van der Waals surface area contributed by atoms with Crippen LogP contribution in [-0.2, 0) is 13.0 Å². The molecule has 0 bridgehead atoms. The molecule has 0 aliphatic carbocycles. The number of hydrogen-bond acceptors (Lipinski definition) is 8. The van der Waals surface area contributed by atoms with Gasteiger partial charge in [-0.05, 0) is 41.8 Å². The Bertz CT molecular complexity index is 1170. The first kappa shape index (κ1) is 22.1. The van der Waals surface area contributed by atoms with Gasteiger partial charge in [0.2, 0.25) is 0 Å². The van der Waals surface area contributed by atoms with E-state index in [0.29, 0.717) is 23.9 Å². The number of nitrogens with one attached hydrogen (secondary N) is 2. The number of ether oxygens (including phenoxy) is 2. The fourth-order valence-corrected chi connectivity index (χ4v) is 4.54. The van der Waals surface area contributed by atoms with Crippen molar-refractivity contribution in [2.75, 3.05) is 62.1 Å². The third-order valence-corrected chi connectivity index (χ3v) is 6.35. The molecule has 2 aliphatic heterocycles. The van der Waals surface area contributed by atoms with E-state index in [0.717, 1.165) is 56.1 Å². The van der Waals surface area contributed by atoms with Gasteiger partial charge in [0.05, 0.1) is 31.8 Å². The first-order chi connectivity index (χ1) is 16.7. The Morgan fingerprint density at radius 1 is 1.03 bits per heavy atom. The van der Waals surface area contributed by atoms with Crippen molar-refractivity contribution in [3.63, 3.8) is 0 Å². The van der Waals surface area contributed by atoms with Crippen LogP contribution in [0.5, 0.6) is 11.5 Å². The molecule has 2 aliphatic rings. The summed E-state index contributed by atoms with van der Waals surface area (Å²) in [5.41, 5.74) is 4.03. The van der Waals surface area contributed by atoms with Gasteiger partial charge < -0.3 is 34.3 Å². The van der Waals surface area contributed by atoms with Crippen molar-refractivity contribution < 1.29 is 18.7 Å². The van der Waals surface area contributed by atoms with Crippen LogP contribution in [0.15, 0.2) is 47.1 Å². The first-order valence-electron chi connectivity index (χ1n) is 11.5. The lowest BCUT2D eigenvalue weighted by Crippen LogP contribution is -2.43. The summed E-state index contributed by atoms with van der Waals surface area (Å²) in [5, 5.41) is 6.32. The number of methoxy groups -OCH3 is 2. The van der Waals surface area contributed by atoms with Crippen molar-refractivity contribution in [3.8, 4) is 11.5 Å². The van der Waals surface area contributed by atoms with Crippen LogP contribution in [0.1, 0.15) is 21.7 Å². The summed E-state index contributed by atoms with van der Waals surface area (Å²) in [6.07, 6.45) is 4.28. The molecule has 1 saturated heterocycles. The van der Waals surface area contributed by atoms with Gasteiger partial charge in [-0.1, -0.05) is 0 Å². The van der Waals surface area contributed by atoms with E-state index in [1.165, 1.54) is 5.56 Å². The number of carbonyl (C=O) groups excluding carboxylic acids is 1. The van der Waals surface area contributed by atoms with E-state index >= 15 is 0 Å². The van der Waals surface area contributed by atoms with Crippen LogP contribution in [0, 0.1) is 0 Å². The Kier molecular flexibility index (Phi) is 6.27. The molecule has 0 saturated carbocycles. The first-order valence-corrected chi connectivity index (χ1v) is 11.5. The molecule has 1 fully saturated rings. The van der Waals surface area contributed by atoms with Crippen molar-refractivity contribution >= 4 is 23.2 Å². The van der Waals surface area contributed by atoms with Gasteiger partial charge in [-0.15, -0.1) is 0 Å². The minimum absolute atomic E-state index is 0.267. The average Bonchev–Trinajstić information content (AvgIpc) is 3.39. The normalized spacial score (nSPS) is 15.6. The highest BCUT2D eigenvalue weighted by atomic mass is 16.5. The Morgan fingerprint density at radius 3 is 2.56 bits per heavy atom. The third-order valence-electron chi connectivity index (χ3n) is 6.35. The predicted molar refractivity (Wildman–Crippen MR) is 130 cm³/mol. The maximum atomic E-state index is 13.0. The van der Waals surface area contributed by atoms with E-state index < -0.39 is 0 Å². The second-order valence-corrected chi connectivity index (χ2v) is 8.37. The maximum Gasteiger partial charge on any atom is 0.291 e. The molecule has 0 radical (unpaired) electrons. The molecule has 9 heteroatoms. The minimum atomic E-state index is -0.292. The topological polar surface area (TPSA) is 92.1 Å².